The van der Waals surface area contributed by atoms with Crippen molar-refractivity contribution in [3.8, 4) is 0 Å². The number of hydrogen-bond donors (Lipinski definition) is 1. The molecule has 2 unspecified atom stereocenters. The SMILES string of the molecule is Cc1ccc(S(=O)(=O)OC2CCCCC2(O)c2ccccc2)cc1. The van der Waals surface area contributed by atoms with Gasteiger partial charge in [-0.25, -0.2) is 0 Å². The summed E-state index contributed by atoms with van der Waals surface area (Å²) in [5.41, 5.74) is 0.401. The molecule has 24 heavy (non-hydrogen) atoms. The molecule has 1 fully saturated rings. The zero-order valence-corrected chi connectivity index (χ0v) is 14.5. The maximum atomic E-state index is 12.6. The van der Waals surface area contributed by atoms with Crippen LogP contribution in [0.5, 0.6) is 0 Å². The summed E-state index contributed by atoms with van der Waals surface area (Å²) >= 11 is 0. The third kappa shape index (κ3) is 3.38. The van der Waals surface area contributed by atoms with Gasteiger partial charge in [-0.15, -0.1) is 0 Å². The Balaban J connectivity index is 1.90. The van der Waals surface area contributed by atoms with Gasteiger partial charge in [0.1, 0.15) is 11.7 Å². The monoisotopic (exact) mass is 346 g/mol. The third-order valence-corrected chi connectivity index (χ3v) is 5.97. The number of benzene rings is 2. The summed E-state index contributed by atoms with van der Waals surface area (Å²) in [6, 6.07) is 15.7. The first-order valence-corrected chi connectivity index (χ1v) is 9.60. The van der Waals surface area contributed by atoms with Gasteiger partial charge in [0.15, 0.2) is 0 Å². The van der Waals surface area contributed by atoms with Crippen LogP contribution in [0.2, 0.25) is 0 Å². The summed E-state index contributed by atoms with van der Waals surface area (Å²) in [5, 5.41) is 11.2. The minimum Gasteiger partial charge on any atom is -0.382 e. The first-order valence-electron chi connectivity index (χ1n) is 8.20. The van der Waals surface area contributed by atoms with E-state index in [4.69, 9.17) is 4.18 Å². The minimum absolute atomic E-state index is 0.120. The van der Waals surface area contributed by atoms with E-state index in [-0.39, 0.29) is 4.90 Å². The summed E-state index contributed by atoms with van der Waals surface area (Å²) < 4.78 is 30.7. The predicted octanol–water partition coefficient (Wildman–Crippen LogP) is 3.53. The van der Waals surface area contributed by atoms with E-state index in [0.717, 1.165) is 18.4 Å². The number of aliphatic hydroxyl groups is 1. The van der Waals surface area contributed by atoms with Crippen molar-refractivity contribution in [2.75, 3.05) is 0 Å². The maximum Gasteiger partial charge on any atom is 0.297 e. The first-order chi connectivity index (χ1) is 11.4. The van der Waals surface area contributed by atoms with Gasteiger partial charge in [-0.2, -0.15) is 8.42 Å². The topological polar surface area (TPSA) is 63.6 Å². The van der Waals surface area contributed by atoms with Gasteiger partial charge >= 0.3 is 0 Å². The molecule has 0 heterocycles. The van der Waals surface area contributed by atoms with Crippen molar-refractivity contribution in [1.29, 1.82) is 0 Å². The van der Waals surface area contributed by atoms with Crippen molar-refractivity contribution in [2.45, 2.75) is 49.2 Å². The van der Waals surface area contributed by atoms with Crippen molar-refractivity contribution in [1.82, 2.24) is 0 Å². The zero-order chi connectivity index (χ0) is 17.2. The van der Waals surface area contributed by atoms with Crippen LogP contribution in [0.3, 0.4) is 0 Å². The summed E-state index contributed by atoms with van der Waals surface area (Å²) in [7, 11) is -3.92. The molecule has 128 valence electrons. The van der Waals surface area contributed by atoms with Gasteiger partial charge in [-0.3, -0.25) is 4.18 Å². The van der Waals surface area contributed by atoms with E-state index in [1.807, 2.05) is 37.3 Å². The standard InChI is InChI=1S/C19H22O4S/c1-15-10-12-17(13-11-15)24(21,22)23-18-9-5-6-14-19(18,20)16-7-3-2-4-8-16/h2-4,7-8,10-13,18,20H,5-6,9,14H2,1H3. The van der Waals surface area contributed by atoms with Crippen molar-refractivity contribution >= 4 is 10.1 Å². The predicted molar refractivity (Wildman–Crippen MR) is 92.0 cm³/mol. The van der Waals surface area contributed by atoms with E-state index in [1.54, 1.807) is 12.1 Å². The molecule has 0 aromatic heterocycles. The molecule has 1 N–H and O–H groups in total. The fourth-order valence-corrected chi connectivity index (χ4v) is 4.36. The normalized spacial score (nSPS) is 24.7. The van der Waals surface area contributed by atoms with Gasteiger partial charge in [-0.1, -0.05) is 60.9 Å². The molecule has 0 saturated heterocycles. The Hall–Kier alpha value is -1.69. The Labute approximate surface area is 143 Å². The molecule has 3 rings (SSSR count). The van der Waals surface area contributed by atoms with Gasteiger partial charge in [-0.05, 0) is 37.5 Å². The fraction of sp³-hybridized carbons (Fsp3) is 0.368. The van der Waals surface area contributed by atoms with Gasteiger partial charge in [0.2, 0.25) is 0 Å². The molecular formula is C19H22O4S. The van der Waals surface area contributed by atoms with Gasteiger partial charge in [0.05, 0.1) is 4.90 Å². The number of aryl methyl sites for hydroxylation is 1. The van der Waals surface area contributed by atoms with Gasteiger partial charge in [0, 0.05) is 0 Å². The van der Waals surface area contributed by atoms with E-state index in [2.05, 4.69) is 0 Å². The lowest BCUT2D eigenvalue weighted by molar-refractivity contribution is -0.0910. The third-order valence-electron chi connectivity index (χ3n) is 4.63. The molecule has 4 nitrogen and oxygen atoms in total. The second-order valence-corrected chi connectivity index (χ2v) is 7.96. The molecular weight excluding hydrogens is 324 g/mol. The van der Waals surface area contributed by atoms with Crippen LogP contribution in [0, 0.1) is 6.92 Å². The molecule has 0 radical (unpaired) electrons. The Morgan fingerprint density at radius 3 is 2.38 bits per heavy atom. The molecule has 0 aliphatic heterocycles. The Morgan fingerprint density at radius 1 is 1.04 bits per heavy atom. The van der Waals surface area contributed by atoms with Crippen molar-refractivity contribution < 1.29 is 17.7 Å². The molecule has 1 aliphatic rings. The van der Waals surface area contributed by atoms with Crippen LogP contribution in [0.4, 0.5) is 0 Å². The molecule has 5 heteroatoms. The largest absolute Gasteiger partial charge is 0.382 e. The molecule has 1 saturated carbocycles. The summed E-state index contributed by atoms with van der Waals surface area (Å²) in [4.78, 5) is 0.120. The quantitative estimate of drug-likeness (QED) is 0.860. The highest BCUT2D eigenvalue weighted by molar-refractivity contribution is 7.86. The average Bonchev–Trinajstić information content (AvgIpc) is 2.58. The molecule has 2 atom stereocenters. The summed E-state index contributed by atoms with van der Waals surface area (Å²) in [6.07, 6.45) is 1.90. The van der Waals surface area contributed by atoms with Crippen molar-refractivity contribution in [3.63, 3.8) is 0 Å². The Bertz CT molecular complexity index is 784. The highest BCUT2D eigenvalue weighted by Gasteiger charge is 2.43. The minimum atomic E-state index is -3.92. The van der Waals surface area contributed by atoms with Crippen molar-refractivity contribution in [2.24, 2.45) is 0 Å². The molecule has 1 aliphatic carbocycles. The second-order valence-electron chi connectivity index (χ2n) is 6.39. The van der Waals surface area contributed by atoms with E-state index in [1.165, 1.54) is 12.1 Å². The fourth-order valence-electron chi connectivity index (χ4n) is 3.22. The van der Waals surface area contributed by atoms with Gasteiger partial charge < -0.3 is 5.11 Å². The first kappa shape index (κ1) is 17.1. The van der Waals surface area contributed by atoms with Crippen LogP contribution in [0.1, 0.15) is 36.8 Å². The zero-order valence-electron chi connectivity index (χ0n) is 13.7. The van der Waals surface area contributed by atoms with E-state index < -0.39 is 21.8 Å². The van der Waals surface area contributed by atoms with Gasteiger partial charge in [0.25, 0.3) is 10.1 Å². The Kier molecular flexibility index (Phi) is 4.76. The average molecular weight is 346 g/mol. The van der Waals surface area contributed by atoms with Crippen molar-refractivity contribution in [3.05, 3.63) is 65.7 Å². The van der Waals surface area contributed by atoms with E-state index >= 15 is 0 Å². The Morgan fingerprint density at radius 2 is 1.71 bits per heavy atom. The lowest BCUT2D eigenvalue weighted by Crippen LogP contribution is -2.44. The van der Waals surface area contributed by atoms with Crippen LogP contribution >= 0.6 is 0 Å². The summed E-state index contributed by atoms with van der Waals surface area (Å²) in [6.45, 7) is 1.90. The molecule has 0 bridgehead atoms. The second kappa shape index (κ2) is 6.67. The maximum absolute atomic E-state index is 12.6. The van der Waals surface area contributed by atoms with E-state index in [9.17, 15) is 13.5 Å². The molecule has 0 amide bonds. The highest BCUT2D eigenvalue weighted by atomic mass is 32.2. The smallest absolute Gasteiger partial charge is 0.297 e. The van der Waals surface area contributed by atoms with Crippen LogP contribution < -0.4 is 0 Å². The van der Waals surface area contributed by atoms with Crippen LogP contribution in [0.25, 0.3) is 0 Å². The van der Waals surface area contributed by atoms with Crippen LogP contribution in [0.15, 0.2) is 59.5 Å². The van der Waals surface area contributed by atoms with E-state index in [0.29, 0.717) is 18.4 Å². The highest BCUT2D eigenvalue weighted by Crippen LogP contribution is 2.40. The lowest BCUT2D eigenvalue weighted by Gasteiger charge is -2.39. The number of hydrogen-bond acceptors (Lipinski definition) is 4. The lowest BCUT2D eigenvalue weighted by atomic mass is 9.77. The van der Waals surface area contributed by atoms with Crippen LogP contribution in [-0.4, -0.2) is 19.6 Å². The van der Waals surface area contributed by atoms with Crippen LogP contribution in [-0.2, 0) is 19.9 Å². The molecule has 0 spiro atoms. The molecule has 2 aromatic rings. The summed E-state index contributed by atoms with van der Waals surface area (Å²) in [5.74, 6) is 0. The number of rotatable bonds is 4. The molecule has 2 aromatic carbocycles.